The van der Waals surface area contributed by atoms with E-state index < -0.39 is 11.6 Å². The van der Waals surface area contributed by atoms with Crippen LogP contribution < -0.4 is 15.8 Å². The van der Waals surface area contributed by atoms with Gasteiger partial charge in [0.2, 0.25) is 5.91 Å². The third-order valence-electron chi connectivity index (χ3n) is 2.36. The minimum atomic E-state index is -0.965. The number of rotatable bonds is 6. The molecule has 0 saturated carbocycles. The molecule has 0 fully saturated rings. The zero-order valence-electron chi connectivity index (χ0n) is 10.1. The number of hydrogen-bond donors (Lipinski definition) is 2. The Kier molecular flexibility index (Phi) is 5.51. The zero-order chi connectivity index (χ0) is 13.5. The van der Waals surface area contributed by atoms with Crippen LogP contribution in [0.1, 0.15) is 6.92 Å². The number of halogens is 2. The molecule has 0 heterocycles. The molecule has 18 heavy (non-hydrogen) atoms. The fraction of sp³-hybridized carbons (Fsp3) is 0.417. The van der Waals surface area contributed by atoms with Gasteiger partial charge in [-0.05, 0) is 12.1 Å². The van der Waals surface area contributed by atoms with Gasteiger partial charge in [0.05, 0.1) is 6.54 Å². The number of nitrogens with one attached hydrogen (secondary N) is 1. The lowest BCUT2D eigenvalue weighted by molar-refractivity contribution is -0.124. The van der Waals surface area contributed by atoms with Crippen molar-refractivity contribution in [3.63, 3.8) is 0 Å². The average molecular weight is 258 g/mol. The van der Waals surface area contributed by atoms with Crippen LogP contribution in [-0.2, 0) is 4.79 Å². The Morgan fingerprint density at radius 3 is 2.78 bits per heavy atom. The monoisotopic (exact) mass is 258 g/mol. The van der Waals surface area contributed by atoms with Crippen LogP contribution in [0.5, 0.6) is 5.75 Å². The van der Waals surface area contributed by atoms with Gasteiger partial charge in [-0.2, -0.15) is 0 Å². The van der Waals surface area contributed by atoms with Crippen molar-refractivity contribution in [2.45, 2.75) is 6.92 Å². The molecule has 1 rings (SSSR count). The summed E-state index contributed by atoms with van der Waals surface area (Å²) in [7, 11) is 0. The summed E-state index contributed by atoms with van der Waals surface area (Å²) < 4.78 is 30.6. The first kappa shape index (κ1) is 14.4. The van der Waals surface area contributed by atoms with E-state index in [0.717, 1.165) is 12.1 Å². The van der Waals surface area contributed by atoms with Gasteiger partial charge in [-0.3, -0.25) is 4.79 Å². The van der Waals surface area contributed by atoms with Gasteiger partial charge >= 0.3 is 0 Å². The van der Waals surface area contributed by atoms with E-state index in [1.165, 1.54) is 6.07 Å². The van der Waals surface area contributed by atoms with E-state index in [-0.39, 0.29) is 37.3 Å². The topological polar surface area (TPSA) is 64.4 Å². The van der Waals surface area contributed by atoms with Crippen LogP contribution in [0.4, 0.5) is 8.78 Å². The molecule has 0 radical (unpaired) electrons. The highest BCUT2D eigenvalue weighted by molar-refractivity contribution is 5.78. The molecule has 0 aliphatic heterocycles. The first-order chi connectivity index (χ1) is 8.54. The molecule has 0 aliphatic carbocycles. The van der Waals surface area contributed by atoms with Crippen molar-refractivity contribution in [1.82, 2.24) is 5.32 Å². The van der Waals surface area contributed by atoms with Crippen molar-refractivity contribution >= 4 is 5.91 Å². The van der Waals surface area contributed by atoms with Gasteiger partial charge in [0.1, 0.15) is 12.4 Å². The van der Waals surface area contributed by atoms with Crippen LogP contribution in [0, 0.1) is 17.6 Å². The molecule has 6 heteroatoms. The summed E-state index contributed by atoms with van der Waals surface area (Å²) in [6.45, 7) is 2.44. The fourth-order valence-electron chi connectivity index (χ4n) is 1.19. The normalized spacial score (nSPS) is 12.0. The number of amides is 1. The highest BCUT2D eigenvalue weighted by atomic mass is 19.2. The number of hydrogen-bond acceptors (Lipinski definition) is 3. The van der Waals surface area contributed by atoms with Crippen LogP contribution in [-0.4, -0.2) is 25.6 Å². The lowest BCUT2D eigenvalue weighted by atomic mass is 10.2. The number of carbonyl (C=O) groups is 1. The summed E-state index contributed by atoms with van der Waals surface area (Å²) in [5.74, 6) is -2.09. The molecular weight excluding hydrogens is 242 g/mol. The van der Waals surface area contributed by atoms with Crippen molar-refractivity contribution in [3.8, 4) is 5.75 Å². The lowest BCUT2D eigenvalue weighted by Gasteiger charge is -2.10. The molecule has 0 aliphatic rings. The number of ether oxygens (including phenoxy) is 1. The second-order valence-corrected chi connectivity index (χ2v) is 3.85. The van der Waals surface area contributed by atoms with Crippen LogP contribution in [0.25, 0.3) is 0 Å². The molecule has 1 aromatic carbocycles. The summed E-state index contributed by atoms with van der Waals surface area (Å²) in [4.78, 5) is 11.3. The molecule has 100 valence electrons. The van der Waals surface area contributed by atoms with E-state index in [2.05, 4.69) is 5.32 Å². The standard InChI is InChI=1S/C12H16F2N2O2/c1-8(7-15)12(17)16-4-5-18-9-2-3-10(13)11(14)6-9/h2-3,6,8H,4-5,7,15H2,1H3,(H,16,17). The molecule has 4 nitrogen and oxygen atoms in total. The van der Waals surface area contributed by atoms with Crippen LogP contribution in [0.15, 0.2) is 18.2 Å². The minimum Gasteiger partial charge on any atom is -0.492 e. The van der Waals surface area contributed by atoms with Gasteiger partial charge in [-0.15, -0.1) is 0 Å². The van der Waals surface area contributed by atoms with E-state index >= 15 is 0 Å². The van der Waals surface area contributed by atoms with Gasteiger partial charge in [0.15, 0.2) is 11.6 Å². The molecule has 0 spiro atoms. The number of nitrogens with two attached hydrogens (primary N) is 1. The van der Waals surface area contributed by atoms with E-state index in [4.69, 9.17) is 10.5 Å². The summed E-state index contributed by atoms with van der Waals surface area (Å²) in [5.41, 5.74) is 5.33. The number of carbonyl (C=O) groups excluding carboxylic acids is 1. The largest absolute Gasteiger partial charge is 0.492 e. The smallest absolute Gasteiger partial charge is 0.224 e. The lowest BCUT2D eigenvalue weighted by Crippen LogP contribution is -2.35. The van der Waals surface area contributed by atoms with E-state index in [0.29, 0.717) is 0 Å². The van der Waals surface area contributed by atoms with Gasteiger partial charge in [-0.25, -0.2) is 8.78 Å². The molecular formula is C12H16F2N2O2. The molecule has 3 N–H and O–H groups in total. The average Bonchev–Trinajstić information content (AvgIpc) is 2.37. The first-order valence-corrected chi connectivity index (χ1v) is 5.60. The van der Waals surface area contributed by atoms with Crippen LogP contribution in [0.2, 0.25) is 0 Å². The third kappa shape index (κ3) is 4.29. The minimum absolute atomic E-state index is 0.161. The zero-order valence-corrected chi connectivity index (χ0v) is 10.1. The Hall–Kier alpha value is -1.69. The highest BCUT2D eigenvalue weighted by Gasteiger charge is 2.09. The summed E-state index contributed by atoms with van der Waals surface area (Å²) in [6, 6.07) is 3.27. The third-order valence-corrected chi connectivity index (χ3v) is 2.36. The quantitative estimate of drug-likeness (QED) is 0.750. The van der Waals surface area contributed by atoms with Crippen LogP contribution >= 0.6 is 0 Å². The second-order valence-electron chi connectivity index (χ2n) is 3.85. The summed E-state index contributed by atoms with van der Waals surface area (Å²) in [5, 5.41) is 2.62. The molecule has 1 atom stereocenters. The van der Waals surface area contributed by atoms with E-state index in [1.54, 1.807) is 6.92 Å². The number of benzene rings is 1. The summed E-state index contributed by atoms with van der Waals surface area (Å²) in [6.07, 6.45) is 0. The predicted octanol–water partition coefficient (Wildman–Crippen LogP) is 1.05. The van der Waals surface area contributed by atoms with Crippen molar-refractivity contribution < 1.29 is 18.3 Å². The second kappa shape index (κ2) is 6.90. The molecule has 1 unspecified atom stereocenters. The predicted molar refractivity (Wildman–Crippen MR) is 63.1 cm³/mol. The van der Waals surface area contributed by atoms with Crippen molar-refractivity contribution in [1.29, 1.82) is 0 Å². The van der Waals surface area contributed by atoms with Gasteiger partial charge in [-0.1, -0.05) is 6.92 Å². The Morgan fingerprint density at radius 2 is 2.17 bits per heavy atom. The maximum atomic E-state index is 12.8. The molecule has 1 aromatic rings. The van der Waals surface area contributed by atoms with Crippen molar-refractivity contribution in [3.05, 3.63) is 29.8 Å². The maximum absolute atomic E-state index is 12.8. The van der Waals surface area contributed by atoms with Crippen molar-refractivity contribution in [2.75, 3.05) is 19.7 Å². The molecule has 0 saturated heterocycles. The SMILES string of the molecule is CC(CN)C(=O)NCCOc1ccc(F)c(F)c1. The van der Waals surface area contributed by atoms with Crippen molar-refractivity contribution in [2.24, 2.45) is 11.7 Å². The molecule has 0 bridgehead atoms. The van der Waals surface area contributed by atoms with E-state index in [1.807, 2.05) is 0 Å². The summed E-state index contributed by atoms with van der Waals surface area (Å²) >= 11 is 0. The van der Waals surface area contributed by atoms with Gasteiger partial charge in [0, 0.05) is 18.5 Å². The Labute approximate surface area is 104 Å². The Bertz CT molecular complexity index is 413. The highest BCUT2D eigenvalue weighted by Crippen LogP contribution is 2.14. The Balaban J connectivity index is 2.29. The van der Waals surface area contributed by atoms with Crippen LogP contribution in [0.3, 0.4) is 0 Å². The molecule has 1 amide bonds. The maximum Gasteiger partial charge on any atom is 0.224 e. The fourth-order valence-corrected chi connectivity index (χ4v) is 1.19. The Morgan fingerprint density at radius 1 is 1.44 bits per heavy atom. The van der Waals surface area contributed by atoms with Gasteiger partial charge in [0.25, 0.3) is 0 Å². The van der Waals surface area contributed by atoms with E-state index in [9.17, 15) is 13.6 Å². The first-order valence-electron chi connectivity index (χ1n) is 5.60. The van der Waals surface area contributed by atoms with Gasteiger partial charge < -0.3 is 15.8 Å². The molecule has 0 aromatic heterocycles.